The fraction of sp³-hybridized carbons (Fsp3) is 0.800. The van der Waals surface area contributed by atoms with E-state index >= 15 is 0 Å². The highest BCUT2D eigenvalue weighted by Gasteiger charge is 2.22. The molecule has 1 amide bonds. The largest absolute Gasteiger partial charge is 0.344 e. The van der Waals surface area contributed by atoms with Crippen LogP contribution in [0.5, 0.6) is 0 Å². The van der Waals surface area contributed by atoms with Crippen molar-refractivity contribution in [1.82, 2.24) is 24.5 Å². The van der Waals surface area contributed by atoms with Gasteiger partial charge in [0, 0.05) is 83.3 Å². The molecule has 3 rings (SSSR count). The Hall–Kier alpha value is -1.25. The van der Waals surface area contributed by atoms with E-state index in [9.17, 15) is 4.79 Å². The first kappa shape index (κ1) is 16.6. The average Bonchev–Trinajstić information content (AvgIpc) is 3.10. The molecule has 2 aliphatic rings. The number of carbonyl (C=O) groups excluding carboxylic acids is 1. The molecule has 0 unspecified atom stereocenters. The van der Waals surface area contributed by atoms with Gasteiger partial charge in [0.2, 0.25) is 11.0 Å². The summed E-state index contributed by atoms with van der Waals surface area (Å²) in [5, 5.41) is 4.32. The van der Waals surface area contributed by atoms with Crippen molar-refractivity contribution in [3.63, 3.8) is 0 Å². The van der Waals surface area contributed by atoms with Crippen LogP contribution in [0, 0.1) is 0 Å². The van der Waals surface area contributed by atoms with Crippen molar-refractivity contribution in [2.24, 2.45) is 0 Å². The number of anilines is 1. The second-order valence-electron chi connectivity index (χ2n) is 6.06. The van der Waals surface area contributed by atoms with Gasteiger partial charge in [0.15, 0.2) is 0 Å². The van der Waals surface area contributed by atoms with Crippen LogP contribution in [0.25, 0.3) is 0 Å². The van der Waals surface area contributed by atoms with Gasteiger partial charge < -0.3 is 15.1 Å². The molecule has 0 radical (unpaired) electrons. The zero-order valence-electron chi connectivity index (χ0n) is 13.8. The second kappa shape index (κ2) is 8.03. The Kier molecular flexibility index (Phi) is 5.80. The van der Waals surface area contributed by atoms with E-state index in [4.69, 9.17) is 0 Å². The molecule has 0 bridgehead atoms. The van der Waals surface area contributed by atoms with E-state index in [0.29, 0.717) is 12.3 Å². The Labute approximate surface area is 141 Å². The minimum Gasteiger partial charge on any atom is -0.344 e. The molecule has 0 atom stereocenters. The molecule has 128 valence electrons. The molecule has 0 aliphatic carbocycles. The minimum absolute atomic E-state index is 0.297. The van der Waals surface area contributed by atoms with Crippen molar-refractivity contribution in [2.45, 2.75) is 19.8 Å². The molecule has 2 saturated heterocycles. The first-order valence-corrected chi connectivity index (χ1v) is 9.32. The lowest BCUT2D eigenvalue weighted by atomic mass is 10.2. The van der Waals surface area contributed by atoms with Crippen molar-refractivity contribution in [3.8, 4) is 0 Å². The number of carbonyl (C=O) groups is 1. The summed E-state index contributed by atoms with van der Waals surface area (Å²) in [6.45, 7) is 10.4. The van der Waals surface area contributed by atoms with Crippen molar-refractivity contribution in [2.75, 3.05) is 63.8 Å². The molecule has 8 heteroatoms. The van der Waals surface area contributed by atoms with Crippen LogP contribution < -0.4 is 10.2 Å². The van der Waals surface area contributed by atoms with Crippen LogP contribution in [-0.2, 0) is 11.2 Å². The van der Waals surface area contributed by atoms with E-state index in [1.807, 2.05) is 4.90 Å². The normalized spacial score (nSPS) is 20.0. The summed E-state index contributed by atoms with van der Waals surface area (Å²) in [4.78, 5) is 23.5. The molecule has 2 aliphatic heterocycles. The number of aromatic nitrogens is 2. The summed E-state index contributed by atoms with van der Waals surface area (Å²) in [6.07, 6.45) is 1.53. The van der Waals surface area contributed by atoms with Gasteiger partial charge in [-0.3, -0.25) is 9.69 Å². The van der Waals surface area contributed by atoms with Crippen molar-refractivity contribution >= 4 is 22.6 Å². The molecule has 0 saturated carbocycles. The Morgan fingerprint density at radius 2 is 1.91 bits per heavy atom. The number of amides is 1. The quantitative estimate of drug-likeness (QED) is 0.818. The number of nitrogens with one attached hydrogen (secondary N) is 1. The Bertz CT molecular complexity index is 508. The maximum atomic E-state index is 12.2. The zero-order valence-corrected chi connectivity index (χ0v) is 14.6. The van der Waals surface area contributed by atoms with Gasteiger partial charge in [0.25, 0.3) is 0 Å². The van der Waals surface area contributed by atoms with Crippen LogP contribution in [0.3, 0.4) is 0 Å². The van der Waals surface area contributed by atoms with Crippen molar-refractivity contribution < 1.29 is 4.79 Å². The Morgan fingerprint density at radius 1 is 1.17 bits per heavy atom. The third-order valence-electron chi connectivity index (χ3n) is 4.53. The molecular formula is C15H26N6OS. The van der Waals surface area contributed by atoms with E-state index in [-0.39, 0.29) is 0 Å². The predicted molar refractivity (Wildman–Crippen MR) is 92.0 cm³/mol. The van der Waals surface area contributed by atoms with Gasteiger partial charge >= 0.3 is 0 Å². The van der Waals surface area contributed by atoms with Gasteiger partial charge in [-0.25, -0.2) is 4.98 Å². The lowest BCUT2D eigenvalue weighted by molar-refractivity contribution is -0.132. The number of hydrogen-bond donors (Lipinski definition) is 1. The lowest BCUT2D eigenvalue weighted by Crippen LogP contribution is -2.49. The van der Waals surface area contributed by atoms with E-state index in [2.05, 4.69) is 31.4 Å². The van der Waals surface area contributed by atoms with Crippen LogP contribution in [0.4, 0.5) is 5.13 Å². The van der Waals surface area contributed by atoms with Gasteiger partial charge in [-0.15, -0.1) is 0 Å². The van der Waals surface area contributed by atoms with E-state index in [0.717, 1.165) is 76.3 Å². The summed E-state index contributed by atoms with van der Waals surface area (Å²) in [6, 6.07) is 0. The van der Waals surface area contributed by atoms with Crippen LogP contribution in [0.1, 0.15) is 19.2 Å². The number of piperazine rings is 2. The summed E-state index contributed by atoms with van der Waals surface area (Å²) >= 11 is 1.50. The van der Waals surface area contributed by atoms with Crippen LogP contribution >= 0.6 is 11.5 Å². The van der Waals surface area contributed by atoms with Gasteiger partial charge in [-0.1, -0.05) is 6.92 Å². The van der Waals surface area contributed by atoms with E-state index < -0.39 is 0 Å². The molecular weight excluding hydrogens is 312 g/mol. The third kappa shape index (κ3) is 4.39. The topological polar surface area (TPSA) is 64.6 Å². The first-order chi connectivity index (χ1) is 11.3. The first-order valence-electron chi connectivity index (χ1n) is 8.54. The summed E-state index contributed by atoms with van der Waals surface area (Å²) in [5.74, 6) is 1.24. The second-order valence-corrected chi connectivity index (χ2v) is 6.79. The highest BCUT2D eigenvalue weighted by molar-refractivity contribution is 7.09. The molecule has 0 aromatic carbocycles. The fourth-order valence-electron chi connectivity index (χ4n) is 3.01. The van der Waals surface area contributed by atoms with Gasteiger partial charge in [0.05, 0.1) is 0 Å². The fourth-order valence-corrected chi connectivity index (χ4v) is 3.81. The smallest absolute Gasteiger partial charge is 0.223 e. The molecule has 23 heavy (non-hydrogen) atoms. The molecule has 2 fully saturated rings. The molecule has 1 N–H and O–H groups in total. The van der Waals surface area contributed by atoms with Crippen molar-refractivity contribution in [1.29, 1.82) is 0 Å². The van der Waals surface area contributed by atoms with Gasteiger partial charge in [-0.2, -0.15) is 4.37 Å². The van der Waals surface area contributed by atoms with Crippen LogP contribution in [-0.4, -0.2) is 84.0 Å². The number of nitrogens with zero attached hydrogens (tertiary/aromatic N) is 5. The maximum Gasteiger partial charge on any atom is 0.223 e. The molecule has 1 aromatic heterocycles. The maximum absolute atomic E-state index is 12.2. The number of hydrogen-bond acceptors (Lipinski definition) is 7. The predicted octanol–water partition coefficient (Wildman–Crippen LogP) is 0.0444. The zero-order chi connectivity index (χ0) is 16.1. The number of rotatable bonds is 5. The van der Waals surface area contributed by atoms with Crippen LogP contribution in [0.15, 0.2) is 0 Å². The van der Waals surface area contributed by atoms with Crippen LogP contribution in [0.2, 0.25) is 0 Å². The lowest BCUT2D eigenvalue weighted by Gasteiger charge is -2.35. The Balaban J connectivity index is 1.39. The molecule has 3 heterocycles. The monoisotopic (exact) mass is 338 g/mol. The summed E-state index contributed by atoms with van der Waals surface area (Å²) < 4.78 is 4.36. The third-order valence-corrected chi connectivity index (χ3v) is 5.34. The SMILES string of the molecule is CCc1nsc(N2CCN(CCC(=O)N3CCNCC3)CC2)n1. The minimum atomic E-state index is 0.297. The molecule has 7 nitrogen and oxygen atoms in total. The van der Waals surface area contributed by atoms with E-state index in [1.54, 1.807) is 0 Å². The Morgan fingerprint density at radius 3 is 2.57 bits per heavy atom. The summed E-state index contributed by atoms with van der Waals surface area (Å²) in [5.41, 5.74) is 0. The molecule has 1 aromatic rings. The van der Waals surface area contributed by atoms with Gasteiger partial charge in [0.1, 0.15) is 5.82 Å². The highest BCUT2D eigenvalue weighted by atomic mass is 32.1. The summed E-state index contributed by atoms with van der Waals surface area (Å²) in [7, 11) is 0. The average molecular weight is 338 g/mol. The molecule has 0 spiro atoms. The number of aryl methyl sites for hydroxylation is 1. The van der Waals surface area contributed by atoms with Crippen molar-refractivity contribution in [3.05, 3.63) is 5.82 Å². The highest BCUT2D eigenvalue weighted by Crippen LogP contribution is 2.19. The van der Waals surface area contributed by atoms with Gasteiger partial charge in [-0.05, 0) is 0 Å². The standard InChI is InChI=1S/C15H26N6OS/c1-2-13-17-15(23-18-13)21-11-9-19(10-12-21)6-3-14(22)20-7-4-16-5-8-20/h16H,2-12H2,1H3. The van der Waals surface area contributed by atoms with E-state index in [1.165, 1.54) is 11.5 Å².